The van der Waals surface area contributed by atoms with Crippen molar-refractivity contribution in [2.45, 2.75) is 38.5 Å². The van der Waals surface area contributed by atoms with E-state index in [4.69, 9.17) is 0 Å². The highest BCUT2D eigenvalue weighted by Crippen LogP contribution is 2.22. The summed E-state index contributed by atoms with van der Waals surface area (Å²) < 4.78 is 0. The molecule has 5 nitrogen and oxygen atoms in total. The zero-order valence-electron chi connectivity index (χ0n) is 16.3. The number of hydrogen-bond donors (Lipinski definition) is 1. The molecular weight excluding hydrogens is 350 g/mol. The van der Waals surface area contributed by atoms with Crippen LogP contribution in [0.15, 0.2) is 54.9 Å². The fraction of sp³-hybridized carbons (Fsp3) is 0.435. The van der Waals surface area contributed by atoms with E-state index in [2.05, 4.69) is 10.3 Å². The van der Waals surface area contributed by atoms with E-state index in [9.17, 15) is 9.59 Å². The Morgan fingerprint density at radius 1 is 1.07 bits per heavy atom. The summed E-state index contributed by atoms with van der Waals surface area (Å²) in [4.78, 5) is 30.5. The molecule has 0 bridgehead atoms. The first-order valence-corrected chi connectivity index (χ1v) is 10.2. The molecule has 2 heterocycles. The molecule has 1 saturated heterocycles. The second kappa shape index (κ2) is 10.6. The van der Waals surface area contributed by atoms with Gasteiger partial charge in [-0.15, -0.1) is 0 Å². The van der Waals surface area contributed by atoms with Gasteiger partial charge in [0, 0.05) is 44.0 Å². The lowest BCUT2D eigenvalue weighted by atomic mass is 9.92. The quantitative estimate of drug-likeness (QED) is 0.715. The average molecular weight is 380 g/mol. The number of piperidine rings is 1. The molecule has 2 aromatic rings. The minimum absolute atomic E-state index is 0.104. The number of aromatic nitrogens is 1. The van der Waals surface area contributed by atoms with Crippen molar-refractivity contribution in [1.29, 1.82) is 0 Å². The lowest BCUT2D eigenvalue weighted by Crippen LogP contribution is -2.38. The zero-order chi connectivity index (χ0) is 19.6. The number of aryl methyl sites for hydroxylation is 1. The van der Waals surface area contributed by atoms with Crippen LogP contribution in [0.1, 0.15) is 48.0 Å². The van der Waals surface area contributed by atoms with E-state index in [0.717, 1.165) is 62.9 Å². The number of carbonyl (C=O) groups excluding carboxylic acids is 2. The molecule has 1 fully saturated rings. The molecule has 2 amide bonds. The summed E-state index contributed by atoms with van der Waals surface area (Å²) >= 11 is 0. The van der Waals surface area contributed by atoms with Crippen LogP contribution in [0.3, 0.4) is 0 Å². The predicted molar refractivity (Wildman–Crippen MR) is 110 cm³/mol. The van der Waals surface area contributed by atoms with Gasteiger partial charge in [-0.1, -0.05) is 24.3 Å². The molecule has 3 rings (SSSR count). The molecule has 148 valence electrons. The second-order valence-electron chi connectivity index (χ2n) is 7.46. The molecule has 0 aliphatic carbocycles. The predicted octanol–water partition coefficient (Wildman–Crippen LogP) is 3.46. The third-order valence-electron chi connectivity index (χ3n) is 5.40. The van der Waals surface area contributed by atoms with Gasteiger partial charge in [-0.3, -0.25) is 14.6 Å². The Bertz CT molecular complexity index is 741. The maximum absolute atomic E-state index is 12.5. The highest BCUT2D eigenvalue weighted by molar-refractivity contribution is 5.94. The van der Waals surface area contributed by atoms with Gasteiger partial charge in [-0.25, -0.2) is 0 Å². The Kier molecular flexibility index (Phi) is 7.59. The summed E-state index contributed by atoms with van der Waals surface area (Å²) in [5.41, 5.74) is 1.87. The van der Waals surface area contributed by atoms with Crippen molar-refractivity contribution in [3.05, 3.63) is 66.0 Å². The van der Waals surface area contributed by atoms with Gasteiger partial charge in [0.1, 0.15) is 0 Å². The summed E-state index contributed by atoms with van der Waals surface area (Å²) in [6, 6.07) is 13.4. The highest BCUT2D eigenvalue weighted by Gasteiger charge is 2.23. The number of carbonyl (C=O) groups is 2. The smallest absolute Gasteiger partial charge is 0.253 e. The Balaban J connectivity index is 1.27. The van der Waals surface area contributed by atoms with Crippen LogP contribution in [0.5, 0.6) is 0 Å². The number of pyridine rings is 1. The monoisotopic (exact) mass is 379 g/mol. The van der Waals surface area contributed by atoms with Crippen molar-refractivity contribution >= 4 is 11.8 Å². The van der Waals surface area contributed by atoms with Crippen LogP contribution in [0.4, 0.5) is 0 Å². The van der Waals surface area contributed by atoms with E-state index < -0.39 is 0 Å². The van der Waals surface area contributed by atoms with E-state index >= 15 is 0 Å². The van der Waals surface area contributed by atoms with Gasteiger partial charge >= 0.3 is 0 Å². The number of benzene rings is 1. The first-order valence-electron chi connectivity index (χ1n) is 10.2. The molecule has 1 aromatic carbocycles. The second-order valence-corrected chi connectivity index (χ2v) is 7.46. The van der Waals surface area contributed by atoms with Crippen LogP contribution in [0, 0.1) is 5.92 Å². The molecule has 1 N–H and O–H groups in total. The molecule has 0 unspecified atom stereocenters. The highest BCUT2D eigenvalue weighted by atomic mass is 16.2. The Hall–Kier alpha value is -2.69. The molecule has 0 spiro atoms. The Morgan fingerprint density at radius 2 is 1.86 bits per heavy atom. The van der Waals surface area contributed by atoms with Gasteiger partial charge < -0.3 is 10.2 Å². The summed E-state index contributed by atoms with van der Waals surface area (Å²) in [6.45, 7) is 2.39. The number of amides is 2. The maximum atomic E-state index is 12.5. The molecule has 1 aliphatic rings. The molecular formula is C23H29N3O2. The van der Waals surface area contributed by atoms with Gasteiger partial charge in [0.15, 0.2) is 0 Å². The largest absolute Gasteiger partial charge is 0.356 e. The van der Waals surface area contributed by atoms with Gasteiger partial charge in [0.05, 0.1) is 0 Å². The first-order chi connectivity index (χ1) is 13.7. The number of nitrogens with one attached hydrogen (secondary N) is 1. The van der Waals surface area contributed by atoms with Gasteiger partial charge in [-0.05, 0) is 61.8 Å². The van der Waals surface area contributed by atoms with Gasteiger partial charge in [0.2, 0.25) is 5.91 Å². The maximum Gasteiger partial charge on any atom is 0.253 e. The molecule has 0 radical (unpaired) electrons. The van der Waals surface area contributed by atoms with E-state index in [1.165, 1.54) is 0 Å². The number of nitrogens with zero attached hydrogens (tertiary/aromatic N) is 2. The van der Waals surface area contributed by atoms with Gasteiger partial charge in [0.25, 0.3) is 5.91 Å². The van der Waals surface area contributed by atoms with Crippen molar-refractivity contribution in [2.75, 3.05) is 19.6 Å². The van der Waals surface area contributed by atoms with Crippen LogP contribution < -0.4 is 5.32 Å². The van der Waals surface area contributed by atoms with Gasteiger partial charge in [-0.2, -0.15) is 0 Å². The Labute approximate surface area is 167 Å². The minimum atomic E-state index is 0.104. The lowest BCUT2D eigenvalue weighted by molar-refractivity contribution is -0.121. The van der Waals surface area contributed by atoms with E-state index in [0.29, 0.717) is 12.3 Å². The summed E-state index contributed by atoms with van der Waals surface area (Å²) in [7, 11) is 0. The molecule has 0 saturated carbocycles. The minimum Gasteiger partial charge on any atom is -0.356 e. The summed E-state index contributed by atoms with van der Waals surface area (Å²) in [6.07, 6.45) is 8.99. The van der Waals surface area contributed by atoms with Crippen molar-refractivity contribution < 1.29 is 9.59 Å². The topological polar surface area (TPSA) is 62.3 Å². The SMILES string of the molecule is O=C(CCc1cccnc1)NCCCC1CCN(C(=O)c2ccccc2)CC1. The first kappa shape index (κ1) is 20.1. The fourth-order valence-corrected chi connectivity index (χ4v) is 3.70. The van der Waals surface area contributed by atoms with Crippen molar-refractivity contribution in [2.24, 2.45) is 5.92 Å². The van der Waals surface area contributed by atoms with E-state index in [-0.39, 0.29) is 11.8 Å². The van der Waals surface area contributed by atoms with Crippen LogP contribution in [0.2, 0.25) is 0 Å². The zero-order valence-corrected chi connectivity index (χ0v) is 16.3. The van der Waals surface area contributed by atoms with Crippen LogP contribution in [0.25, 0.3) is 0 Å². The van der Waals surface area contributed by atoms with E-state index in [1.807, 2.05) is 53.6 Å². The molecule has 1 aliphatic heterocycles. The van der Waals surface area contributed by atoms with E-state index in [1.54, 1.807) is 6.20 Å². The lowest BCUT2D eigenvalue weighted by Gasteiger charge is -2.32. The normalized spacial score (nSPS) is 14.6. The van der Waals surface area contributed by atoms with Crippen LogP contribution in [-0.4, -0.2) is 41.3 Å². The molecule has 28 heavy (non-hydrogen) atoms. The standard InChI is InChI=1S/C23H29N3O2/c27-22(11-10-20-7-4-14-24-18-20)25-15-5-6-19-12-16-26(17-13-19)23(28)21-8-2-1-3-9-21/h1-4,7-9,14,18-19H,5-6,10-13,15-17H2,(H,25,27). The summed E-state index contributed by atoms with van der Waals surface area (Å²) in [5.74, 6) is 0.888. The number of rotatable bonds is 8. The molecule has 0 atom stereocenters. The van der Waals surface area contributed by atoms with Crippen LogP contribution >= 0.6 is 0 Å². The fourth-order valence-electron chi connectivity index (χ4n) is 3.70. The van der Waals surface area contributed by atoms with Crippen LogP contribution in [-0.2, 0) is 11.2 Å². The average Bonchev–Trinajstić information content (AvgIpc) is 2.76. The molecule has 1 aromatic heterocycles. The molecule has 5 heteroatoms. The number of likely N-dealkylation sites (tertiary alicyclic amines) is 1. The summed E-state index contributed by atoms with van der Waals surface area (Å²) in [5, 5.41) is 3.02. The van der Waals surface area contributed by atoms with Crippen molar-refractivity contribution in [1.82, 2.24) is 15.2 Å². The van der Waals surface area contributed by atoms with Crippen molar-refractivity contribution in [3.8, 4) is 0 Å². The van der Waals surface area contributed by atoms with Crippen molar-refractivity contribution in [3.63, 3.8) is 0 Å². The third kappa shape index (κ3) is 6.19. The third-order valence-corrected chi connectivity index (χ3v) is 5.40. The Morgan fingerprint density at radius 3 is 2.57 bits per heavy atom. The number of hydrogen-bond acceptors (Lipinski definition) is 3.